The third kappa shape index (κ3) is 5.21. The van der Waals surface area contributed by atoms with E-state index in [1.54, 1.807) is 12.1 Å². The van der Waals surface area contributed by atoms with Gasteiger partial charge in [0, 0.05) is 30.2 Å². The van der Waals surface area contributed by atoms with Crippen LogP contribution in [0.4, 0.5) is 0 Å². The summed E-state index contributed by atoms with van der Waals surface area (Å²) in [4.78, 5) is 18.0. The Morgan fingerprint density at radius 3 is 2.58 bits per heavy atom. The molecule has 2 aromatic carbocycles. The number of nitrogens with zero attached hydrogens (tertiary/aromatic N) is 2. The zero-order valence-corrected chi connectivity index (χ0v) is 18.0. The lowest BCUT2D eigenvalue weighted by atomic mass is 10.0. The number of hydrogen-bond acceptors (Lipinski definition) is 5. The first kappa shape index (κ1) is 21.3. The molecule has 6 nitrogen and oxygen atoms in total. The highest BCUT2D eigenvalue weighted by molar-refractivity contribution is 5.92. The summed E-state index contributed by atoms with van der Waals surface area (Å²) in [5.74, 6) is 0.670. The lowest BCUT2D eigenvalue weighted by Crippen LogP contribution is -2.42. The minimum atomic E-state index is -0.502. The molecule has 2 heterocycles. The van der Waals surface area contributed by atoms with Crippen LogP contribution in [0.1, 0.15) is 42.1 Å². The van der Waals surface area contributed by atoms with Crippen molar-refractivity contribution < 1.29 is 9.53 Å². The van der Waals surface area contributed by atoms with Crippen molar-refractivity contribution in [3.63, 3.8) is 0 Å². The fraction of sp³-hybridized carbons (Fsp3) is 0.360. The number of carbonyl (C=O) groups is 1. The van der Waals surface area contributed by atoms with Gasteiger partial charge < -0.3 is 20.7 Å². The van der Waals surface area contributed by atoms with Gasteiger partial charge in [-0.3, -0.25) is 4.79 Å². The number of rotatable bonds is 8. The summed E-state index contributed by atoms with van der Waals surface area (Å²) < 4.78 is 6.02. The molecule has 162 valence electrons. The van der Waals surface area contributed by atoms with Crippen molar-refractivity contribution in [2.75, 3.05) is 19.6 Å². The zero-order chi connectivity index (χ0) is 21.6. The van der Waals surface area contributed by atoms with E-state index < -0.39 is 5.91 Å². The van der Waals surface area contributed by atoms with E-state index in [1.165, 1.54) is 56.0 Å². The molecule has 0 bridgehead atoms. The van der Waals surface area contributed by atoms with Gasteiger partial charge in [0.2, 0.25) is 11.8 Å². The number of primary amides is 1. The van der Waals surface area contributed by atoms with Crippen LogP contribution in [0.2, 0.25) is 0 Å². The fourth-order valence-corrected chi connectivity index (χ4v) is 4.21. The van der Waals surface area contributed by atoms with Crippen LogP contribution in [0.25, 0.3) is 10.8 Å². The van der Waals surface area contributed by atoms with Gasteiger partial charge in [-0.2, -0.15) is 0 Å². The van der Waals surface area contributed by atoms with Crippen LogP contribution in [-0.4, -0.2) is 41.5 Å². The van der Waals surface area contributed by atoms with E-state index in [0.717, 1.165) is 17.7 Å². The van der Waals surface area contributed by atoms with Crippen LogP contribution in [0, 0.1) is 0 Å². The molecule has 1 saturated heterocycles. The minimum absolute atomic E-state index is 0.360. The number of hydrogen-bond donors (Lipinski definition) is 2. The second-order valence-corrected chi connectivity index (χ2v) is 8.12. The third-order valence-corrected chi connectivity index (χ3v) is 5.92. The number of benzene rings is 2. The smallest absolute Gasteiger partial charge is 0.250 e. The van der Waals surface area contributed by atoms with Gasteiger partial charge in [0.05, 0.1) is 5.56 Å². The van der Waals surface area contributed by atoms with Crippen molar-refractivity contribution >= 4 is 16.7 Å². The standard InChI is InChI=1S/C25H30N4O2/c1-2-13-29-14-11-20(12-15-29)27-16-18-7-9-23(22-6-4-3-5-21(18)22)31-24-10-8-19(17-28-24)25(26)30/h3-10,17,20,27H,2,11-16H2,1H3,(H2,26,30). The van der Waals surface area contributed by atoms with Crippen molar-refractivity contribution in [2.45, 2.75) is 38.8 Å². The lowest BCUT2D eigenvalue weighted by Gasteiger charge is -2.32. The Labute approximate surface area is 183 Å². The molecule has 31 heavy (non-hydrogen) atoms. The molecule has 0 radical (unpaired) electrons. The van der Waals surface area contributed by atoms with Crippen LogP contribution >= 0.6 is 0 Å². The van der Waals surface area contributed by atoms with E-state index in [1.807, 2.05) is 12.1 Å². The van der Waals surface area contributed by atoms with Crippen LogP contribution in [-0.2, 0) is 6.54 Å². The number of amides is 1. The Bertz CT molecular complexity index is 1030. The summed E-state index contributed by atoms with van der Waals surface area (Å²) in [7, 11) is 0. The Kier molecular flexibility index (Phi) is 6.79. The number of nitrogens with two attached hydrogens (primary N) is 1. The summed E-state index contributed by atoms with van der Waals surface area (Å²) in [5, 5.41) is 5.97. The van der Waals surface area contributed by atoms with Gasteiger partial charge in [-0.25, -0.2) is 4.98 Å². The first-order valence-corrected chi connectivity index (χ1v) is 11.0. The number of ether oxygens (including phenoxy) is 1. The maximum Gasteiger partial charge on any atom is 0.250 e. The summed E-state index contributed by atoms with van der Waals surface area (Å²) in [6.45, 7) is 6.65. The van der Waals surface area contributed by atoms with Gasteiger partial charge >= 0.3 is 0 Å². The maximum atomic E-state index is 11.2. The second kappa shape index (κ2) is 9.90. The Morgan fingerprint density at radius 1 is 1.13 bits per heavy atom. The SMILES string of the molecule is CCCN1CCC(NCc2ccc(Oc3ccc(C(N)=O)cn3)c3ccccc23)CC1. The fourth-order valence-electron chi connectivity index (χ4n) is 4.21. The monoisotopic (exact) mass is 418 g/mol. The van der Waals surface area contributed by atoms with Gasteiger partial charge in [0.15, 0.2) is 0 Å². The molecule has 1 aliphatic heterocycles. The number of aromatic nitrogens is 1. The highest BCUT2D eigenvalue weighted by atomic mass is 16.5. The molecule has 1 aromatic heterocycles. The summed E-state index contributed by atoms with van der Waals surface area (Å²) >= 11 is 0. The van der Waals surface area contributed by atoms with Gasteiger partial charge in [-0.1, -0.05) is 37.3 Å². The molecular formula is C25H30N4O2. The molecule has 3 aromatic rings. The predicted molar refractivity (Wildman–Crippen MR) is 123 cm³/mol. The molecule has 0 aliphatic carbocycles. The van der Waals surface area contributed by atoms with Crippen LogP contribution in [0.15, 0.2) is 54.7 Å². The van der Waals surface area contributed by atoms with E-state index in [-0.39, 0.29) is 0 Å². The number of piperidine rings is 1. The predicted octanol–water partition coefficient (Wildman–Crippen LogP) is 4.09. The zero-order valence-electron chi connectivity index (χ0n) is 18.0. The van der Waals surface area contributed by atoms with Gasteiger partial charge in [0.1, 0.15) is 5.75 Å². The summed E-state index contributed by atoms with van der Waals surface area (Å²) in [6, 6.07) is 16.2. The Hall–Kier alpha value is -2.96. The van der Waals surface area contributed by atoms with Crippen molar-refractivity contribution in [3.8, 4) is 11.6 Å². The van der Waals surface area contributed by atoms with Gasteiger partial charge in [-0.05, 0) is 62.0 Å². The Morgan fingerprint density at radius 2 is 1.90 bits per heavy atom. The Balaban J connectivity index is 1.46. The molecule has 1 aliphatic rings. The molecular weight excluding hydrogens is 388 g/mol. The number of nitrogens with one attached hydrogen (secondary N) is 1. The van der Waals surface area contributed by atoms with Crippen LogP contribution in [0.3, 0.4) is 0 Å². The lowest BCUT2D eigenvalue weighted by molar-refractivity contribution is 0.1000. The van der Waals surface area contributed by atoms with E-state index in [4.69, 9.17) is 10.5 Å². The summed E-state index contributed by atoms with van der Waals surface area (Å²) in [5.41, 5.74) is 6.90. The average molecular weight is 419 g/mol. The highest BCUT2D eigenvalue weighted by Crippen LogP contribution is 2.31. The van der Waals surface area contributed by atoms with Gasteiger partial charge in [-0.15, -0.1) is 0 Å². The van der Waals surface area contributed by atoms with E-state index in [0.29, 0.717) is 17.5 Å². The number of pyridine rings is 1. The second-order valence-electron chi connectivity index (χ2n) is 8.12. The highest BCUT2D eigenvalue weighted by Gasteiger charge is 2.18. The largest absolute Gasteiger partial charge is 0.438 e. The van der Waals surface area contributed by atoms with E-state index >= 15 is 0 Å². The molecule has 1 amide bonds. The first-order chi connectivity index (χ1) is 15.1. The van der Waals surface area contributed by atoms with E-state index in [2.05, 4.69) is 46.4 Å². The molecule has 0 spiro atoms. The topological polar surface area (TPSA) is 80.5 Å². The summed E-state index contributed by atoms with van der Waals surface area (Å²) in [6.07, 6.45) is 5.06. The number of fused-ring (bicyclic) bond motifs is 1. The van der Waals surface area contributed by atoms with Crippen molar-refractivity contribution in [2.24, 2.45) is 5.73 Å². The van der Waals surface area contributed by atoms with Gasteiger partial charge in [0.25, 0.3) is 0 Å². The minimum Gasteiger partial charge on any atom is -0.438 e. The number of likely N-dealkylation sites (tertiary alicyclic amines) is 1. The molecule has 0 saturated carbocycles. The molecule has 4 rings (SSSR count). The van der Waals surface area contributed by atoms with Crippen molar-refractivity contribution in [1.29, 1.82) is 0 Å². The molecule has 0 atom stereocenters. The van der Waals surface area contributed by atoms with Crippen molar-refractivity contribution in [1.82, 2.24) is 15.2 Å². The first-order valence-electron chi connectivity index (χ1n) is 11.0. The van der Waals surface area contributed by atoms with Crippen LogP contribution < -0.4 is 15.8 Å². The number of carbonyl (C=O) groups excluding carboxylic acids is 1. The maximum absolute atomic E-state index is 11.2. The normalized spacial score (nSPS) is 15.3. The third-order valence-electron chi connectivity index (χ3n) is 5.92. The molecule has 1 fully saturated rings. The molecule has 6 heteroatoms. The quantitative estimate of drug-likeness (QED) is 0.576. The van der Waals surface area contributed by atoms with Crippen molar-refractivity contribution in [3.05, 3.63) is 65.9 Å². The van der Waals surface area contributed by atoms with E-state index in [9.17, 15) is 4.79 Å². The van der Waals surface area contributed by atoms with Crippen LogP contribution in [0.5, 0.6) is 11.6 Å². The molecule has 3 N–H and O–H groups in total. The average Bonchev–Trinajstić information content (AvgIpc) is 2.80. The molecule has 0 unspecified atom stereocenters.